The van der Waals surface area contributed by atoms with E-state index < -0.39 is 0 Å². The fourth-order valence-electron chi connectivity index (χ4n) is 3.73. The molecule has 0 aliphatic heterocycles. The van der Waals surface area contributed by atoms with Gasteiger partial charge in [-0.2, -0.15) is 5.10 Å². The monoisotopic (exact) mass is 426 g/mol. The van der Waals surface area contributed by atoms with Gasteiger partial charge in [0.25, 0.3) is 0 Å². The Kier molecular flexibility index (Phi) is 5.25. The summed E-state index contributed by atoms with van der Waals surface area (Å²) in [5.41, 5.74) is 5.79. The number of pyridine rings is 1. The third-order valence-electron chi connectivity index (χ3n) is 5.53. The van der Waals surface area contributed by atoms with Crippen molar-refractivity contribution >= 4 is 5.65 Å². The van der Waals surface area contributed by atoms with Gasteiger partial charge < -0.3 is 5.32 Å². The summed E-state index contributed by atoms with van der Waals surface area (Å²) < 4.78 is 17.2. The lowest BCUT2D eigenvalue weighted by molar-refractivity contribution is 0.542. The molecule has 7 heteroatoms. The molecule has 0 aliphatic rings. The number of benzene rings is 2. The van der Waals surface area contributed by atoms with Gasteiger partial charge in [-0.05, 0) is 50.2 Å². The van der Waals surface area contributed by atoms with Crippen LogP contribution >= 0.6 is 0 Å². The van der Waals surface area contributed by atoms with E-state index in [4.69, 9.17) is 5.10 Å². The fraction of sp³-hybridized carbons (Fsp3) is 0.160. The Hall–Kier alpha value is -3.84. The van der Waals surface area contributed by atoms with Crippen molar-refractivity contribution in [3.63, 3.8) is 0 Å². The number of nitrogens with zero attached hydrogens (tertiary/aromatic N) is 5. The van der Waals surface area contributed by atoms with E-state index >= 15 is 0 Å². The molecule has 5 aromatic rings. The maximum Gasteiger partial charge on any atom is 0.160 e. The molecule has 0 saturated heterocycles. The molecule has 0 radical (unpaired) electrons. The molecule has 5 rings (SSSR count). The molecule has 6 nitrogen and oxygen atoms in total. The minimum atomic E-state index is -0.268. The highest BCUT2D eigenvalue weighted by Crippen LogP contribution is 2.25. The highest BCUT2D eigenvalue weighted by Gasteiger charge is 2.16. The predicted octanol–water partition coefficient (Wildman–Crippen LogP) is 4.88. The Balaban J connectivity index is 1.46. The third kappa shape index (κ3) is 3.90. The number of fused-ring (bicyclic) bond motifs is 1. The van der Waals surface area contributed by atoms with Crippen LogP contribution in [-0.2, 0) is 6.54 Å². The summed E-state index contributed by atoms with van der Waals surface area (Å²) in [7, 11) is 0. The van der Waals surface area contributed by atoms with Gasteiger partial charge in [0.1, 0.15) is 5.82 Å². The summed E-state index contributed by atoms with van der Waals surface area (Å²) in [5, 5.41) is 17.0. The predicted molar refractivity (Wildman–Crippen MR) is 122 cm³/mol. The second-order valence-corrected chi connectivity index (χ2v) is 7.88. The van der Waals surface area contributed by atoms with E-state index in [0.29, 0.717) is 6.54 Å². The van der Waals surface area contributed by atoms with Crippen LogP contribution in [0.5, 0.6) is 0 Å². The first-order chi connectivity index (χ1) is 15.6. The van der Waals surface area contributed by atoms with Crippen LogP contribution in [0.2, 0.25) is 0 Å². The number of aromatic nitrogens is 5. The summed E-state index contributed by atoms with van der Waals surface area (Å²) in [4.78, 5) is 0. The SMILES string of the molecule is Cc1ccc(-c2nn(-c3ccc(F)cc3)cc2CNC(C)c2nnc3ccccn23)cc1. The molecule has 0 saturated carbocycles. The minimum Gasteiger partial charge on any atom is -0.303 e. The molecule has 0 aliphatic carbocycles. The lowest BCUT2D eigenvalue weighted by atomic mass is 10.1. The van der Waals surface area contributed by atoms with Gasteiger partial charge in [0.15, 0.2) is 11.5 Å². The van der Waals surface area contributed by atoms with Gasteiger partial charge in [-0.3, -0.25) is 4.40 Å². The second kappa shape index (κ2) is 8.36. The normalized spacial score (nSPS) is 12.3. The molecule has 2 aromatic carbocycles. The second-order valence-electron chi connectivity index (χ2n) is 7.88. The number of hydrogen-bond donors (Lipinski definition) is 1. The van der Waals surface area contributed by atoms with E-state index in [9.17, 15) is 4.39 Å². The van der Waals surface area contributed by atoms with Gasteiger partial charge >= 0.3 is 0 Å². The number of hydrogen-bond acceptors (Lipinski definition) is 4. The van der Waals surface area contributed by atoms with Crippen molar-refractivity contribution in [1.82, 2.24) is 29.7 Å². The average molecular weight is 426 g/mol. The lowest BCUT2D eigenvalue weighted by Crippen LogP contribution is -2.20. The first kappa shape index (κ1) is 20.1. The average Bonchev–Trinajstić information content (AvgIpc) is 3.43. The topological polar surface area (TPSA) is 60.0 Å². The molecule has 3 heterocycles. The Labute approximate surface area is 185 Å². The van der Waals surface area contributed by atoms with Crippen molar-refractivity contribution in [2.75, 3.05) is 0 Å². The van der Waals surface area contributed by atoms with Crippen LogP contribution in [0.3, 0.4) is 0 Å². The maximum atomic E-state index is 13.4. The van der Waals surface area contributed by atoms with Crippen LogP contribution in [0.1, 0.15) is 29.9 Å². The molecule has 1 N–H and O–H groups in total. The molecule has 0 spiro atoms. The van der Waals surface area contributed by atoms with Crippen molar-refractivity contribution < 1.29 is 4.39 Å². The Morgan fingerprint density at radius 1 is 0.969 bits per heavy atom. The highest BCUT2D eigenvalue weighted by molar-refractivity contribution is 5.63. The first-order valence-corrected chi connectivity index (χ1v) is 10.5. The Bertz CT molecular complexity index is 1350. The molecule has 3 aromatic heterocycles. The van der Waals surface area contributed by atoms with Crippen LogP contribution in [0.4, 0.5) is 4.39 Å². The quantitative estimate of drug-likeness (QED) is 0.420. The number of aryl methyl sites for hydroxylation is 1. The van der Waals surface area contributed by atoms with Gasteiger partial charge in [0, 0.05) is 30.1 Å². The Morgan fingerprint density at radius 3 is 2.53 bits per heavy atom. The van der Waals surface area contributed by atoms with Gasteiger partial charge in [0.2, 0.25) is 0 Å². The molecule has 0 fully saturated rings. The summed E-state index contributed by atoms with van der Waals surface area (Å²) in [6.45, 7) is 4.72. The molecule has 160 valence electrons. The van der Waals surface area contributed by atoms with E-state index in [-0.39, 0.29) is 11.9 Å². The van der Waals surface area contributed by atoms with Crippen molar-refractivity contribution in [3.05, 3.63) is 102 Å². The Morgan fingerprint density at radius 2 is 1.75 bits per heavy atom. The lowest BCUT2D eigenvalue weighted by Gasteiger charge is -2.12. The standard InChI is InChI=1S/C25H23FN6/c1-17-6-8-19(9-7-17)24-20(16-32(30-24)22-12-10-21(26)11-13-22)15-27-18(2)25-29-28-23-5-3-4-14-31(23)25/h3-14,16,18,27H,15H2,1-2H3. The van der Waals surface area contributed by atoms with Crippen LogP contribution in [0.15, 0.2) is 79.1 Å². The van der Waals surface area contributed by atoms with Crippen molar-refractivity contribution in [3.8, 4) is 16.9 Å². The van der Waals surface area contributed by atoms with Crippen LogP contribution in [0.25, 0.3) is 22.6 Å². The summed E-state index contributed by atoms with van der Waals surface area (Å²) in [6.07, 6.45) is 3.96. The van der Waals surface area contributed by atoms with Crippen molar-refractivity contribution in [2.24, 2.45) is 0 Å². The maximum absolute atomic E-state index is 13.4. The van der Waals surface area contributed by atoms with Crippen LogP contribution in [-0.4, -0.2) is 24.4 Å². The largest absolute Gasteiger partial charge is 0.303 e. The number of halogens is 1. The van der Waals surface area contributed by atoms with Gasteiger partial charge in [0.05, 0.1) is 17.4 Å². The van der Waals surface area contributed by atoms with Crippen LogP contribution in [0, 0.1) is 12.7 Å². The highest BCUT2D eigenvalue weighted by atomic mass is 19.1. The van der Waals surface area contributed by atoms with E-state index in [2.05, 4.69) is 53.6 Å². The molecule has 1 atom stereocenters. The van der Waals surface area contributed by atoms with E-state index in [1.54, 1.807) is 16.8 Å². The number of rotatable bonds is 6. The fourth-order valence-corrected chi connectivity index (χ4v) is 3.73. The molecule has 32 heavy (non-hydrogen) atoms. The van der Waals surface area contributed by atoms with Crippen molar-refractivity contribution in [1.29, 1.82) is 0 Å². The van der Waals surface area contributed by atoms with E-state index in [0.717, 1.165) is 34.0 Å². The van der Waals surface area contributed by atoms with Crippen LogP contribution < -0.4 is 5.32 Å². The molecular weight excluding hydrogens is 403 g/mol. The minimum absolute atomic E-state index is 0.0209. The molecule has 0 bridgehead atoms. The molecule has 1 unspecified atom stereocenters. The first-order valence-electron chi connectivity index (χ1n) is 10.5. The molecular formula is C25H23FN6. The van der Waals surface area contributed by atoms with Crippen molar-refractivity contribution in [2.45, 2.75) is 26.4 Å². The molecule has 0 amide bonds. The zero-order chi connectivity index (χ0) is 22.1. The zero-order valence-corrected chi connectivity index (χ0v) is 17.9. The van der Waals surface area contributed by atoms with Gasteiger partial charge in [-0.1, -0.05) is 35.9 Å². The number of nitrogens with one attached hydrogen (secondary N) is 1. The third-order valence-corrected chi connectivity index (χ3v) is 5.53. The summed E-state index contributed by atoms with van der Waals surface area (Å²) in [6, 6.07) is 20.5. The summed E-state index contributed by atoms with van der Waals surface area (Å²) >= 11 is 0. The van der Waals surface area contributed by atoms with Gasteiger partial charge in [-0.15, -0.1) is 10.2 Å². The smallest absolute Gasteiger partial charge is 0.160 e. The summed E-state index contributed by atoms with van der Waals surface area (Å²) in [5.74, 6) is 0.583. The van der Waals surface area contributed by atoms with E-state index in [1.165, 1.54) is 17.7 Å². The van der Waals surface area contributed by atoms with E-state index in [1.807, 2.05) is 35.0 Å². The van der Waals surface area contributed by atoms with Gasteiger partial charge in [-0.25, -0.2) is 9.07 Å². The zero-order valence-electron chi connectivity index (χ0n) is 17.9.